The molecule has 0 aliphatic carbocycles. The van der Waals surface area contributed by atoms with Crippen LogP contribution in [0, 0.1) is 0 Å². The lowest BCUT2D eigenvalue weighted by Gasteiger charge is -2.29. The Morgan fingerprint density at radius 1 is 1.31 bits per heavy atom. The van der Waals surface area contributed by atoms with Crippen LogP contribution >= 0.6 is 23.2 Å². The molecule has 1 aromatic carbocycles. The van der Waals surface area contributed by atoms with Crippen molar-refractivity contribution in [2.45, 2.75) is 0 Å². The minimum absolute atomic E-state index is 0.0169. The van der Waals surface area contributed by atoms with Crippen molar-refractivity contribution in [2.75, 3.05) is 30.3 Å². The van der Waals surface area contributed by atoms with Crippen molar-refractivity contribution >= 4 is 40.5 Å². The summed E-state index contributed by atoms with van der Waals surface area (Å²) in [6, 6.07) is 3.30. The third kappa shape index (κ3) is 2.18. The van der Waals surface area contributed by atoms with Gasteiger partial charge in [0.05, 0.1) is 28.0 Å². The first-order chi connectivity index (χ1) is 7.58. The van der Waals surface area contributed by atoms with Crippen LogP contribution in [0.2, 0.25) is 10.0 Å². The van der Waals surface area contributed by atoms with Gasteiger partial charge in [-0.3, -0.25) is 4.79 Å². The number of amides is 1. The minimum Gasteiger partial charge on any atom is -0.397 e. The number of hydrogen-bond donors (Lipinski definition) is 2. The number of hydrogen-bond acceptors (Lipinski definition) is 3. The van der Waals surface area contributed by atoms with Crippen molar-refractivity contribution in [3.63, 3.8) is 0 Å². The molecule has 2 rings (SSSR count). The number of benzene rings is 1. The third-order valence-corrected chi connectivity index (χ3v) is 3.17. The van der Waals surface area contributed by atoms with Gasteiger partial charge in [-0.1, -0.05) is 23.2 Å². The van der Waals surface area contributed by atoms with E-state index in [1.807, 2.05) is 4.90 Å². The van der Waals surface area contributed by atoms with E-state index >= 15 is 0 Å². The molecule has 1 aromatic rings. The Hall–Kier alpha value is -1.13. The lowest BCUT2D eigenvalue weighted by atomic mass is 10.2. The predicted molar refractivity (Wildman–Crippen MR) is 66.1 cm³/mol. The first kappa shape index (κ1) is 11.4. The normalized spacial score (nSPS) is 16.1. The van der Waals surface area contributed by atoms with Gasteiger partial charge < -0.3 is 16.0 Å². The second-order valence-corrected chi connectivity index (χ2v) is 4.41. The smallest absolute Gasteiger partial charge is 0.239 e. The van der Waals surface area contributed by atoms with E-state index in [-0.39, 0.29) is 5.91 Å². The number of piperazine rings is 1. The minimum atomic E-state index is -0.0169. The van der Waals surface area contributed by atoms with Gasteiger partial charge in [0.25, 0.3) is 0 Å². The van der Waals surface area contributed by atoms with Crippen molar-refractivity contribution in [3.8, 4) is 0 Å². The van der Waals surface area contributed by atoms with Crippen LogP contribution in [0.25, 0.3) is 0 Å². The first-order valence-corrected chi connectivity index (χ1v) is 5.59. The molecule has 0 bridgehead atoms. The lowest BCUT2D eigenvalue weighted by Crippen LogP contribution is -2.47. The van der Waals surface area contributed by atoms with Crippen LogP contribution in [-0.4, -0.2) is 25.5 Å². The summed E-state index contributed by atoms with van der Waals surface area (Å²) in [6.07, 6.45) is 0. The number of nitrogens with two attached hydrogens (primary N) is 1. The zero-order valence-corrected chi connectivity index (χ0v) is 9.98. The lowest BCUT2D eigenvalue weighted by molar-refractivity contribution is -0.120. The second-order valence-electron chi connectivity index (χ2n) is 3.60. The van der Waals surface area contributed by atoms with Gasteiger partial charge in [0.1, 0.15) is 0 Å². The van der Waals surface area contributed by atoms with Gasteiger partial charge in [0.2, 0.25) is 5.91 Å². The molecule has 16 heavy (non-hydrogen) atoms. The van der Waals surface area contributed by atoms with E-state index in [1.54, 1.807) is 12.1 Å². The van der Waals surface area contributed by atoms with Gasteiger partial charge in [0, 0.05) is 13.1 Å². The number of rotatable bonds is 1. The van der Waals surface area contributed by atoms with Gasteiger partial charge in [-0.2, -0.15) is 0 Å². The number of nitrogens with one attached hydrogen (secondary N) is 1. The fourth-order valence-corrected chi connectivity index (χ4v) is 2.00. The number of halogens is 2. The van der Waals surface area contributed by atoms with Crippen molar-refractivity contribution in [1.82, 2.24) is 5.32 Å². The van der Waals surface area contributed by atoms with E-state index < -0.39 is 0 Å². The molecule has 0 radical (unpaired) electrons. The summed E-state index contributed by atoms with van der Waals surface area (Å²) in [5.41, 5.74) is 7.14. The predicted octanol–water partition coefficient (Wildman–Crippen LogP) is 1.51. The van der Waals surface area contributed by atoms with E-state index in [2.05, 4.69) is 5.32 Å². The topological polar surface area (TPSA) is 58.4 Å². The average molecular weight is 260 g/mol. The molecule has 1 fully saturated rings. The van der Waals surface area contributed by atoms with Crippen molar-refractivity contribution in [3.05, 3.63) is 22.2 Å². The summed E-state index contributed by atoms with van der Waals surface area (Å²) in [7, 11) is 0. The Balaban J connectivity index is 2.32. The zero-order valence-electron chi connectivity index (χ0n) is 8.46. The summed E-state index contributed by atoms with van der Waals surface area (Å²) in [5.74, 6) is -0.0169. The largest absolute Gasteiger partial charge is 0.397 e. The van der Waals surface area contributed by atoms with Gasteiger partial charge in [-0.15, -0.1) is 0 Å². The summed E-state index contributed by atoms with van der Waals surface area (Å²) in [4.78, 5) is 13.1. The monoisotopic (exact) mass is 259 g/mol. The van der Waals surface area contributed by atoms with E-state index in [1.165, 1.54) is 0 Å². The van der Waals surface area contributed by atoms with Crippen molar-refractivity contribution in [1.29, 1.82) is 0 Å². The summed E-state index contributed by atoms with van der Waals surface area (Å²) < 4.78 is 0. The first-order valence-electron chi connectivity index (χ1n) is 4.84. The molecule has 0 saturated carbocycles. The van der Waals surface area contributed by atoms with E-state index in [9.17, 15) is 4.79 Å². The van der Waals surface area contributed by atoms with Crippen LogP contribution in [0.1, 0.15) is 0 Å². The van der Waals surface area contributed by atoms with Gasteiger partial charge in [-0.25, -0.2) is 0 Å². The molecule has 0 unspecified atom stereocenters. The molecule has 1 amide bonds. The molecule has 86 valence electrons. The number of carbonyl (C=O) groups is 1. The van der Waals surface area contributed by atoms with Gasteiger partial charge >= 0.3 is 0 Å². The van der Waals surface area contributed by atoms with Crippen molar-refractivity contribution < 1.29 is 4.79 Å². The molecular weight excluding hydrogens is 249 g/mol. The highest BCUT2D eigenvalue weighted by Gasteiger charge is 2.19. The summed E-state index contributed by atoms with van der Waals surface area (Å²) in [5, 5.41) is 3.61. The maximum atomic E-state index is 11.3. The fourth-order valence-electron chi connectivity index (χ4n) is 1.67. The zero-order chi connectivity index (χ0) is 11.7. The van der Waals surface area contributed by atoms with Crippen LogP contribution in [0.4, 0.5) is 11.4 Å². The highest BCUT2D eigenvalue weighted by atomic mass is 35.5. The van der Waals surface area contributed by atoms with Crippen LogP contribution in [0.3, 0.4) is 0 Å². The van der Waals surface area contributed by atoms with Crippen LogP contribution in [0.15, 0.2) is 12.1 Å². The molecule has 4 nitrogen and oxygen atoms in total. The Morgan fingerprint density at radius 3 is 2.69 bits per heavy atom. The highest BCUT2D eigenvalue weighted by Crippen LogP contribution is 2.33. The Bertz CT molecular complexity index is 436. The average Bonchev–Trinajstić information content (AvgIpc) is 2.23. The second kappa shape index (κ2) is 4.39. The number of anilines is 2. The summed E-state index contributed by atoms with van der Waals surface area (Å²) >= 11 is 11.8. The molecule has 3 N–H and O–H groups in total. The SMILES string of the molecule is Nc1cc(Cl)c(Cl)cc1N1CCNC(=O)C1. The molecule has 6 heteroatoms. The van der Waals surface area contributed by atoms with E-state index in [0.29, 0.717) is 35.4 Å². The van der Waals surface area contributed by atoms with Gasteiger partial charge in [0.15, 0.2) is 0 Å². The van der Waals surface area contributed by atoms with E-state index in [0.717, 1.165) is 5.69 Å². The molecule has 1 saturated heterocycles. The molecule has 0 aromatic heterocycles. The molecule has 0 atom stereocenters. The molecule has 1 aliphatic heterocycles. The Morgan fingerprint density at radius 2 is 2.00 bits per heavy atom. The number of carbonyl (C=O) groups excluding carboxylic acids is 1. The standard InChI is InChI=1S/C10H11Cl2N3O/c11-6-3-8(13)9(4-7(6)12)15-2-1-14-10(16)5-15/h3-4H,1-2,5,13H2,(H,14,16). The van der Waals surface area contributed by atoms with Crippen LogP contribution < -0.4 is 16.0 Å². The highest BCUT2D eigenvalue weighted by molar-refractivity contribution is 6.42. The van der Waals surface area contributed by atoms with Gasteiger partial charge in [-0.05, 0) is 12.1 Å². The van der Waals surface area contributed by atoms with Crippen molar-refractivity contribution in [2.24, 2.45) is 0 Å². The number of nitrogen functional groups attached to an aromatic ring is 1. The summed E-state index contributed by atoms with van der Waals surface area (Å²) in [6.45, 7) is 1.62. The molecule has 1 aliphatic rings. The third-order valence-electron chi connectivity index (χ3n) is 2.45. The molecule has 0 spiro atoms. The van der Waals surface area contributed by atoms with Crippen LogP contribution in [0.5, 0.6) is 0 Å². The molecule has 1 heterocycles. The molecular formula is C10H11Cl2N3O. The number of nitrogens with zero attached hydrogens (tertiary/aromatic N) is 1. The van der Waals surface area contributed by atoms with E-state index in [4.69, 9.17) is 28.9 Å². The van der Waals surface area contributed by atoms with Crippen LogP contribution in [-0.2, 0) is 4.79 Å². The fraction of sp³-hybridized carbons (Fsp3) is 0.300. The maximum Gasteiger partial charge on any atom is 0.239 e. The quantitative estimate of drug-likeness (QED) is 0.752. The Labute approximate surface area is 103 Å². The maximum absolute atomic E-state index is 11.3. The Kier molecular flexibility index (Phi) is 3.12.